The topological polar surface area (TPSA) is 85.8 Å². The summed E-state index contributed by atoms with van der Waals surface area (Å²) in [6, 6.07) is 13.7. The van der Waals surface area contributed by atoms with Gasteiger partial charge in [-0.15, -0.1) is 0 Å². The average molecular weight is 333 g/mol. The van der Waals surface area contributed by atoms with Crippen molar-refractivity contribution in [2.24, 2.45) is 0 Å². The van der Waals surface area contributed by atoms with Gasteiger partial charge in [-0.1, -0.05) is 24.3 Å². The van der Waals surface area contributed by atoms with E-state index in [1.807, 2.05) is 54.9 Å². The molecule has 0 spiro atoms. The van der Waals surface area contributed by atoms with Crippen LogP contribution >= 0.6 is 0 Å². The van der Waals surface area contributed by atoms with Gasteiger partial charge in [0.2, 0.25) is 5.91 Å². The zero-order valence-electron chi connectivity index (χ0n) is 14.2. The van der Waals surface area contributed by atoms with E-state index in [4.69, 9.17) is 10.8 Å². The lowest BCUT2D eigenvalue weighted by atomic mass is 9.85. The molecule has 6 nitrogen and oxygen atoms in total. The highest BCUT2D eigenvalue weighted by atomic mass is 16.1. The number of fused-ring (bicyclic) bond motifs is 1. The smallest absolute Gasteiger partial charge is 0.226 e. The number of nitrogens with zero attached hydrogens (tertiary/aromatic N) is 3. The lowest BCUT2D eigenvalue weighted by Gasteiger charge is -2.25. The Balaban J connectivity index is 1.86. The zero-order chi connectivity index (χ0) is 17.6. The van der Waals surface area contributed by atoms with Gasteiger partial charge >= 0.3 is 0 Å². The van der Waals surface area contributed by atoms with E-state index >= 15 is 0 Å². The Bertz CT molecular complexity index is 961. The van der Waals surface area contributed by atoms with E-state index in [1.54, 1.807) is 6.07 Å². The Labute approximate surface area is 145 Å². The number of pyridine rings is 1. The van der Waals surface area contributed by atoms with Crippen molar-refractivity contribution in [2.75, 3.05) is 11.1 Å². The number of carbonyl (C=O) groups is 1. The van der Waals surface area contributed by atoms with Crippen LogP contribution in [0.1, 0.15) is 34.9 Å². The summed E-state index contributed by atoms with van der Waals surface area (Å²) < 4.78 is 1.93. The molecule has 4 rings (SSSR count). The predicted octanol–water partition coefficient (Wildman–Crippen LogP) is 2.94. The zero-order valence-corrected chi connectivity index (χ0v) is 14.2. The number of anilines is 2. The number of rotatable bonds is 2. The number of hydrogen-bond acceptors (Lipinski definition) is 4. The van der Waals surface area contributed by atoms with Gasteiger partial charge < -0.3 is 11.1 Å². The molecule has 0 aliphatic carbocycles. The predicted molar refractivity (Wildman–Crippen MR) is 96.8 cm³/mol. The molecule has 1 aromatic carbocycles. The van der Waals surface area contributed by atoms with E-state index < -0.39 is 0 Å². The third kappa shape index (κ3) is 2.55. The van der Waals surface area contributed by atoms with Gasteiger partial charge in [0.25, 0.3) is 0 Å². The lowest BCUT2D eigenvalue weighted by molar-refractivity contribution is -0.116. The molecule has 6 heteroatoms. The number of hydrogen-bond donors (Lipinski definition) is 2. The van der Waals surface area contributed by atoms with Gasteiger partial charge in [-0.05, 0) is 32.0 Å². The molecule has 3 N–H and O–H groups in total. The van der Waals surface area contributed by atoms with Crippen molar-refractivity contribution in [3.8, 4) is 5.69 Å². The van der Waals surface area contributed by atoms with Crippen LogP contribution in [0.4, 0.5) is 11.6 Å². The Hall–Kier alpha value is -3.15. The fourth-order valence-electron chi connectivity index (χ4n) is 3.58. The quantitative estimate of drug-likeness (QED) is 0.755. The summed E-state index contributed by atoms with van der Waals surface area (Å²) in [7, 11) is 0. The first-order chi connectivity index (χ1) is 12.0. The maximum absolute atomic E-state index is 12.2. The summed E-state index contributed by atoms with van der Waals surface area (Å²) >= 11 is 0. The molecular weight excluding hydrogens is 314 g/mol. The van der Waals surface area contributed by atoms with Crippen molar-refractivity contribution < 1.29 is 4.79 Å². The highest BCUT2D eigenvalue weighted by Crippen LogP contribution is 2.39. The summed E-state index contributed by atoms with van der Waals surface area (Å²) in [5.74, 6) is 0.816. The van der Waals surface area contributed by atoms with Crippen LogP contribution in [0, 0.1) is 13.8 Å². The summed E-state index contributed by atoms with van der Waals surface area (Å²) in [5, 5.41) is 7.53. The maximum atomic E-state index is 12.2. The van der Waals surface area contributed by atoms with Gasteiger partial charge in [0.15, 0.2) is 0 Å². The van der Waals surface area contributed by atoms with Crippen molar-refractivity contribution in [1.82, 2.24) is 14.8 Å². The minimum atomic E-state index is -0.0747. The third-order valence-corrected chi connectivity index (χ3v) is 4.67. The van der Waals surface area contributed by atoms with Crippen LogP contribution in [0.3, 0.4) is 0 Å². The minimum Gasteiger partial charge on any atom is -0.384 e. The minimum absolute atomic E-state index is 0.0538. The van der Waals surface area contributed by atoms with Crippen molar-refractivity contribution in [3.63, 3.8) is 0 Å². The molecule has 1 aliphatic rings. The maximum Gasteiger partial charge on any atom is 0.226 e. The third-order valence-electron chi connectivity index (χ3n) is 4.67. The van der Waals surface area contributed by atoms with Crippen molar-refractivity contribution in [3.05, 3.63) is 65.0 Å². The second kappa shape index (κ2) is 5.73. The largest absolute Gasteiger partial charge is 0.384 e. The number of nitrogens with one attached hydrogen (secondary N) is 1. The molecule has 126 valence electrons. The Morgan fingerprint density at radius 1 is 1.16 bits per heavy atom. The first-order valence-corrected chi connectivity index (χ1v) is 8.22. The molecule has 3 heterocycles. The number of benzene rings is 1. The van der Waals surface area contributed by atoms with Crippen LogP contribution in [0.15, 0.2) is 42.5 Å². The van der Waals surface area contributed by atoms with Gasteiger partial charge in [-0.2, -0.15) is 5.10 Å². The second-order valence-electron chi connectivity index (χ2n) is 6.31. The van der Waals surface area contributed by atoms with Crippen LogP contribution < -0.4 is 11.1 Å². The molecule has 0 saturated carbocycles. The van der Waals surface area contributed by atoms with Crippen LogP contribution in [0.2, 0.25) is 0 Å². The SMILES string of the molecule is Cc1nn(-c2ccccc2)c(C)c1[C@H]1CC(=O)Nc2nc(N)ccc21. The number of nitrogens with two attached hydrogens (primary N) is 1. The number of carbonyl (C=O) groups excluding carboxylic acids is 1. The van der Waals surface area contributed by atoms with E-state index in [1.165, 1.54) is 0 Å². The summed E-state index contributed by atoms with van der Waals surface area (Å²) in [4.78, 5) is 16.5. The van der Waals surface area contributed by atoms with Gasteiger partial charge in [0.1, 0.15) is 11.6 Å². The van der Waals surface area contributed by atoms with E-state index in [0.29, 0.717) is 18.1 Å². The summed E-state index contributed by atoms with van der Waals surface area (Å²) in [5.41, 5.74) is 10.8. The van der Waals surface area contributed by atoms with E-state index in [2.05, 4.69) is 10.3 Å². The average Bonchev–Trinajstić information content (AvgIpc) is 2.89. The van der Waals surface area contributed by atoms with Gasteiger partial charge in [-0.3, -0.25) is 4.79 Å². The molecule has 1 aliphatic heterocycles. The van der Waals surface area contributed by atoms with Crippen molar-refractivity contribution in [2.45, 2.75) is 26.2 Å². The van der Waals surface area contributed by atoms with Crippen molar-refractivity contribution >= 4 is 17.5 Å². The Kier molecular flexibility index (Phi) is 3.53. The molecule has 0 radical (unpaired) electrons. The normalized spacial score (nSPS) is 16.4. The molecule has 0 bridgehead atoms. The summed E-state index contributed by atoms with van der Waals surface area (Å²) in [6.45, 7) is 4.03. The molecule has 0 fully saturated rings. The number of aryl methyl sites for hydroxylation is 1. The van der Waals surface area contributed by atoms with Gasteiger partial charge in [0, 0.05) is 29.2 Å². The standard InChI is InChI=1S/C19H19N5O/c1-11-18(12(2)24(23-11)13-6-4-3-5-7-13)15-10-17(25)22-19-14(15)8-9-16(20)21-19/h3-9,15H,10H2,1-2H3,(H3,20,21,22,25)/t15-/m0/s1. The van der Waals surface area contributed by atoms with Crippen LogP contribution in [-0.4, -0.2) is 20.7 Å². The molecule has 3 aromatic rings. The van der Waals surface area contributed by atoms with E-state index in [-0.39, 0.29) is 11.8 Å². The first-order valence-electron chi connectivity index (χ1n) is 8.22. The van der Waals surface area contributed by atoms with Crippen LogP contribution in [-0.2, 0) is 4.79 Å². The molecule has 0 saturated heterocycles. The van der Waals surface area contributed by atoms with Crippen LogP contribution in [0.5, 0.6) is 0 Å². The monoisotopic (exact) mass is 333 g/mol. The van der Waals surface area contributed by atoms with Crippen molar-refractivity contribution in [1.29, 1.82) is 0 Å². The summed E-state index contributed by atoms with van der Waals surface area (Å²) in [6.07, 6.45) is 0.376. The molecule has 1 amide bonds. The van der Waals surface area contributed by atoms with E-state index in [0.717, 1.165) is 28.2 Å². The lowest BCUT2D eigenvalue weighted by Crippen LogP contribution is -2.25. The highest BCUT2D eigenvalue weighted by Gasteiger charge is 2.31. The second-order valence-corrected chi connectivity index (χ2v) is 6.31. The number of amides is 1. The highest BCUT2D eigenvalue weighted by molar-refractivity contribution is 5.94. The van der Waals surface area contributed by atoms with Gasteiger partial charge in [0.05, 0.1) is 11.4 Å². The molecule has 2 aromatic heterocycles. The molecular formula is C19H19N5O. The molecule has 1 atom stereocenters. The molecule has 25 heavy (non-hydrogen) atoms. The van der Waals surface area contributed by atoms with Crippen LogP contribution in [0.25, 0.3) is 5.69 Å². The fourth-order valence-corrected chi connectivity index (χ4v) is 3.58. The Morgan fingerprint density at radius 3 is 2.68 bits per heavy atom. The Morgan fingerprint density at radius 2 is 1.92 bits per heavy atom. The number of nitrogen functional groups attached to an aromatic ring is 1. The molecule has 0 unspecified atom stereocenters. The number of para-hydroxylation sites is 1. The first kappa shape index (κ1) is 15.4. The number of aromatic nitrogens is 3. The van der Waals surface area contributed by atoms with E-state index in [9.17, 15) is 4.79 Å². The fraction of sp³-hybridized carbons (Fsp3) is 0.211. The van der Waals surface area contributed by atoms with Gasteiger partial charge in [-0.25, -0.2) is 9.67 Å².